The van der Waals surface area contributed by atoms with Crippen LogP contribution in [-0.2, 0) is 24.1 Å². The molecule has 4 aromatic rings. The van der Waals surface area contributed by atoms with Crippen molar-refractivity contribution in [3.8, 4) is 5.88 Å². The Morgan fingerprint density at radius 3 is 2.34 bits per heavy atom. The topological polar surface area (TPSA) is 115 Å². The average molecular weight is 686 g/mol. The molecule has 0 aliphatic rings. The Morgan fingerprint density at radius 2 is 1.72 bits per heavy atom. The van der Waals surface area contributed by atoms with Crippen molar-refractivity contribution in [1.29, 1.82) is 0 Å². The van der Waals surface area contributed by atoms with Crippen LogP contribution in [0.4, 0.5) is 36.6 Å². The largest absolute Gasteiger partial charge is 0.417 e. The number of aromatic nitrogens is 3. The molecule has 0 saturated heterocycles. The van der Waals surface area contributed by atoms with Gasteiger partial charge < -0.3 is 19.9 Å². The highest BCUT2D eigenvalue weighted by atomic mass is 35.5. The highest BCUT2D eigenvalue weighted by Crippen LogP contribution is 2.36. The third-order valence-corrected chi connectivity index (χ3v) is 6.95. The smallest absolute Gasteiger partial charge is 0.416 e. The number of halogens is 8. The fraction of sp³-hybridized carbons (Fsp3) is 0.233. The number of rotatable bonds is 11. The second-order valence-electron chi connectivity index (χ2n) is 10.1. The van der Waals surface area contributed by atoms with E-state index in [1.54, 1.807) is 0 Å². The Morgan fingerprint density at radius 1 is 1.00 bits per heavy atom. The molecule has 9 nitrogen and oxygen atoms in total. The summed E-state index contributed by atoms with van der Waals surface area (Å²) in [6.07, 6.45) is -3.83. The summed E-state index contributed by atoms with van der Waals surface area (Å²) in [6.45, 7) is -1.15. The molecular formula is C30H23ClF7N5O4. The zero-order valence-corrected chi connectivity index (χ0v) is 25.0. The second-order valence-corrected chi connectivity index (χ2v) is 10.5. The maximum absolute atomic E-state index is 14.3. The summed E-state index contributed by atoms with van der Waals surface area (Å²) in [6, 6.07) is 7.05. The number of carbonyl (C=O) groups is 3. The molecule has 0 bridgehead atoms. The number of ether oxygens (including phenoxy) is 1. The molecule has 0 aliphatic heterocycles. The number of carbonyl (C=O) groups excluding carboxylic acids is 3. The zero-order valence-electron chi connectivity index (χ0n) is 24.3. The van der Waals surface area contributed by atoms with Gasteiger partial charge in [0.25, 0.3) is 11.8 Å². The van der Waals surface area contributed by atoms with Crippen LogP contribution in [0.15, 0.2) is 54.7 Å². The van der Waals surface area contributed by atoms with Gasteiger partial charge in [-0.2, -0.15) is 22.0 Å². The number of nitrogens with zero attached hydrogens (tertiary/aromatic N) is 3. The van der Waals surface area contributed by atoms with Crippen LogP contribution in [0.1, 0.15) is 63.1 Å². The number of pyridine rings is 1. The Bertz CT molecular complexity index is 1810. The molecule has 1 atom stereocenters. The van der Waals surface area contributed by atoms with Gasteiger partial charge in [0.15, 0.2) is 5.82 Å². The Labute approximate surface area is 266 Å². The lowest BCUT2D eigenvalue weighted by molar-refractivity contribution is -0.137. The van der Waals surface area contributed by atoms with Gasteiger partial charge in [-0.15, -0.1) is 0 Å². The van der Waals surface area contributed by atoms with Crippen LogP contribution in [-0.4, -0.2) is 38.7 Å². The van der Waals surface area contributed by atoms with E-state index in [0.29, 0.717) is 17.7 Å². The maximum atomic E-state index is 14.3. The highest BCUT2D eigenvalue weighted by Gasteiger charge is 2.33. The predicted octanol–water partition coefficient (Wildman–Crippen LogP) is 6.75. The molecule has 2 amide bonds. The standard InChI is InChI=1S/C30H23ClF7N5O4/c1-14(44)13-43-24(15(2)21-10-19(32)4-5-22(21)31)25(42-27(45)17-7-18(30(36,37)38)9-20(33)8-17)41-26(43)28(46)40-12-16-3-6-23(39-11-16)47-29(34)35/h3-11,15,29H,12-13H2,1-2H3,(H,40,46)(H,42,45)/t15-/m0/s1. The van der Waals surface area contributed by atoms with E-state index < -0.39 is 77.3 Å². The third kappa shape index (κ3) is 8.64. The summed E-state index contributed by atoms with van der Waals surface area (Å²) in [5.41, 5.74) is -1.76. The molecule has 248 valence electrons. The predicted molar refractivity (Wildman–Crippen MR) is 153 cm³/mol. The fourth-order valence-electron chi connectivity index (χ4n) is 4.55. The molecule has 0 unspecified atom stereocenters. The first-order chi connectivity index (χ1) is 22.0. The SMILES string of the molecule is CC(=O)Cn1c(C(=O)NCc2ccc(OC(F)F)nc2)nc(NC(=O)c2cc(F)cc(C(F)(F)F)c2)c1[C@@H](C)c1cc(F)ccc1Cl. The van der Waals surface area contributed by atoms with E-state index in [1.165, 1.54) is 26.0 Å². The van der Waals surface area contributed by atoms with Gasteiger partial charge in [0.2, 0.25) is 11.7 Å². The highest BCUT2D eigenvalue weighted by molar-refractivity contribution is 6.31. The number of hydrogen-bond donors (Lipinski definition) is 2. The second kappa shape index (κ2) is 14.2. The first-order valence-electron chi connectivity index (χ1n) is 13.4. The van der Waals surface area contributed by atoms with E-state index in [2.05, 4.69) is 25.3 Å². The summed E-state index contributed by atoms with van der Waals surface area (Å²) in [7, 11) is 0. The molecule has 0 spiro atoms. The molecule has 2 aromatic heterocycles. The summed E-state index contributed by atoms with van der Waals surface area (Å²) < 4.78 is 98.5. The summed E-state index contributed by atoms with van der Waals surface area (Å²) in [4.78, 5) is 46.8. The molecule has 0 aliphatic carbocycles. The van der Waals surface area contributed by atoms with Gasteiger partial charge >= 0.3 is 12.8 Å². The molecule has 2 heterocycles. The van der Waals surface area contributed by atoms with Crippen molar-refractivity contribution in [3.05, 3.63) is 105 Å². The first-order valence-corrected chi connectivity index (χ1v) is 13.8. The van der Waals surface area contributed by atoms with Crippen molar-refractivity contribution < 1.29 is 49.9 Å². The normalized spacial score (nSPS) is 12.1. The third-order valence-electron chi connectivity index (χ3n) is 6.61. The molecule has 0 saturated carbocycles. The lowest BCUT2D eigenvalue weighted by Crippen LogP contribution is -2.28. The lowest BCUT2D eigenvalue weighted by atomic mass is 9.96. The van der Waals surface area contributed by atoms with Crippen LogP contribution in [0.5, 0.6) is 5.88 Å². The molecule has 2 aromatic carbocycles. The van der Waals surface area contributed by atoms with Gasteiger partial charge in [-0.1, -0.05) is 24.6 Å². The van der Waals surface area contributed by atoms with E-state index >= 15 is 0 Å². The molecule has 2 N–H and O–H groups in total. The maximum Gasteiger partial charge on any atom is 0.416 e. The summed E-state index contributed by atoms with van der Waals surface area (Å²) in [5.74, 6) is -6.94. The number of ketones is 1. The van der Waals surface area contributed by atoms with Gasteiger partial charge in [0.1, 0.15) is 17.4 Å². The Hall–Kier alpha value is -4.99. The Balaban J connectivity index is 1.77. The number of anilines is 1. The molecule has 0 radical (unpaired) electrons. The minimum absolute atomic E-state index is 0.0597. The number of hydrogen-bond acceptors (Lipinski definition) is 6. The molecule has 17 heteroatoms. The summed E-state index contributed by atoms with van der Waals surface area (Å²) >= 11 is 6.32. The van der Waals surface area contributed by atoms with E-state index in [0.717, 1.165) is 29.0 Å². The molecular weight excluding hydrogens is 663 g/mol. The van der Waals surface area contributed by atoms with Crippen LogP contribution >= 0.6 is 11.6 Å². The van der Waals surface area contributed by atoms with Gasteiger partial charge in [0, 0.05) is 35.3 Å². The van der Waals surface area contributed by atoms with Crippen LogP contribution < -0.4 is 15.4 Å². The lowest BCUT2D eigenvalue weighted by Gasteiger charge is -2.19. The summed E-state index contributed by atoms with van der Waals surface area (Å²) in [5, 5.41) is 4.85. The van der Waals surface area contributed by atoms with Crippen molar-refractivity contribution in [2.45, 2.75) is 45.6 Å². The van der Waals surface area contributed by atoms with E-state index in [9.17, 15) is 45.1 Å². The van der Waals surface area contributed by atoms with Gasteiger partial charge in [-0.05, 0) is 54.4 Å². The average Bonchev–Trinajstić information content (AvgIpc) is 3.33. The molecule has 4 rings (SSSR count). The van der Waals surface area contributed by atoms with Crippen LogP contribution in [0.25, 0.3) is 0 Å². The van der Waals surface area contributed by atoms with Crippen molar-refractivity contribution in [1.82, 2.24) is 19.9 Å². The number of benzene rings is 2. The van der Waals surface area contributed by atoms with Crippen molar-refractivity contribution in [3.63, 3.8) is 0 Å². The van der Waals surface area contributed by atoms with Crippen LogP contribution in [0.2, 0.25) is 5.02 Å². The quantitative estimate of drug-likeness (QED) is 0.169. The van der Waals surface area contributed by atoms with Gasteiger partial charge in [-0.25, -0.2) is 18.7 Å². The number of amides is 2. The minimum Gasteiger partial charge on any atom is -0.417 e. The van der Waals surface area contributed by atoms with E-state index in [4.69, 9.17) is 11.6 Å². The number of Topliss-reactive ketones (excluding diaryl/α,β-unsaturated/α-hetero) is 1. The van der Waals surface area contributed by atoms with Crippen molar-refractivity contribution in [2.75, 3.05) is 5.32 Å². The van der Waals surface area contributed by atoms with Crippen LogP contribution in [0, 0.1) is 11.6 Å². The van der Waals surface area contributed by atoms with Crippen molar-refractivity contribution in [2.24, 2.45) is 0 Å². The van der Waals surface area contributed by atoms with Crippen LogP contribution in [0.3, 0.4) is 0 Å². The number of alkyl halides is 5. The molecule has 0 fully saturated rings. The van der Waals surface area contributed by atoms with E-state index in [-0.39, 0.29) is 34.8 Å². The van der Waals surface area contributed by atoms with Gasteiger partial charge in [0.05, 0.1) is 17.8 Å². The fourth-order valence-corrected chi connectivity index (χ4v) is 4.83. The van der Waals surface area contributed by atoms with Crippen molar-refractivity contribution >= 4 is 35.0 Å². The van der Waals surface area contributed by atoms with Gasteiger partial charge in [-0.3, -0.25) is 14.4 Å². The number of imidazole rings is 1. The minimum atomic E-state index is -4.98. The molecule has 47 heavy (non-hydrogen) atoms. The zero-order chi connectivity index (χ0) is 34.6. The number of nitrogens with one attached hydrogen (secondary N) is 2. The monoisotopic (exact) mass is 685 g/mol. The Kier molecular flexibility index (Phi) is 10.5. The van der Waals surface area contributed by atoms with E-state index in [1.807, 2.05) is 0 Å². The first kappa shape index (κ1) is 34.9.